The number of nitrogens with zero attached hydrogens (tertiary/aromatic N) is 1. The summed E-state index contributed by atoms with van der Waals surface area (Å²) < 4.78 is 10.4. The lowest BCUT2D eigenvalue weighted by molar-refractivity contribution is -0.121. The van der Waals surface area contributed by atoms with Crippen LogP contribution >= 0.6 is 0 Å². The van der Waals surface area contributed by atoms with E-state index in [2.05, 4.69) is 5.32 Å². The number of likely N-dealkylation sites (tertiary alicyclic amines) is 1. The number of methoxy groups -OCH3 is 2. The predicted molar refractivity (Wildman–Crippen MR) is 84.5 cm³/mol. The quantitative estimate of drug-likeness (QED) is 0.862. The van der Waals surface area contributed by atoms with Gasteiger partial charge in [0.25, 0.3) is 0 Å². The summed E-state index contributed by atoms with van der Waals surface area (Å²) >= 11 is 0. The molecule has 6 heteroatoms. The lowest BCUT2D eigenvalue weighted by atomic mass is 10.1. The third-order valence-corrected chi connectivity index (χ3v) is 4.02. The second-order valence-corrected chi connectivity index (χ2v) is 5.52. The summed E-state index contributed by atoms with van der Waals surface area (Å²) in [6.07, 6.45) is 1.35. The number of aliphatic hydroxyl groups is 1. The first kappa shape index (κ1) is 16.6. The highest BCUT2D eigenvalue weighted by Gasteiger charge is 2.26. The summed E-state index contributed by atoms with van der Waals surface area (Å²) in [7, 11) is 3.13. The number of hydrogen-bond donors (Lipinski definition) is 2. The van der Waals surface area contributed by atoms with Crippen molar-refractivity contribution in [2.75, 3.05) is 32.6 Å². The second kappa shape index (κ2) is 7.47. The van der Waals surface area contributed by atoms with Crippen molar-refractivity contribution in [3.63, 3.8) is 0 Å². The minimum absolute atomic E-state index is 0.124. The smallest absolute Gasteiger partial charge is 0.241 e. The molecule has 2 atom stereocenters. The van der Waals surface area contributed by atoms with Crippen LogP contribution in [0.15, 0.2) is 18.2 Å². The van der Waals surface area contributed by atoms with Gasteiger partial charge >= 0.3 is 0 Å². The van der Waals surface area contributed by atoms with Crippen molar-refractivity contribution < 1.29 is 19.4 Å². The zero-order valence-corrected chi connectivity index (χ0v) is 13.3. The fourth-order valence-electron chi connectivity index (χ4n) is 2.65. The molecule has 1 aliphatic rings. The van der Waals surface area contributed by atoms with Crippen molar-refractivity contribution in [1.29, 1.82) is 0 Å². The maximum atomic E-state index is 12.5. The Labute approximate surface area is 131 Å². The van der Waals surface area contributed by atoms with Gasteiger partial charge in [-0.05, 0) is 38.4 Å². The molecule has 6 nitrogen and oxygen atoms in total. The van der Waals surface area contributed by atoms with Crippen molar-refractivity contribution in [3.05, 3.63) is 18.2 Å². The summed E-state index contributed by atoms with van der Waals surface area (Å²) in [5.41, 5.74) is 0.580. The van der Waals surface area contributed by atoms with Gasteiger partial charge in [-0.3, -0.25) is 9.69 Å². The molecule has 0 bridgehead atoms. The number of benzene rings is 1. The number of piperidine rings is 1. The van der Waals surface area contributed by atoms with E-state index in [1.54, 1.807) is 32.4 Å². The van der Waals surface area contributed by atoms with Crippen molar-refractivity contribution in [3.8, 4) is 11.5 Å². The Balaban J connectivity index is 2.07. The first-order valence-electron chi connectivity index (χ1n) is 7.50. The first-order chi connectivity index (χ1) is 10.5. The van der Waals surface area contributed by atoms with Gasteiger partial charge in [0, 0.05) is 12.6 Å². The van der Waals surface area contributed by atoms with E-state index in [9.17, 15) is 9.90 Å². The third kappa shape index (κ3) is 3.90. The van der Waals surface area contributed by atoms with E-state index in [-0.39, 0.29) is 18.1 Å². The van der Waals surface area contributed by atoms with Gasteiger partial charge in [0.2, 0.25) is 5.91 Å². The van der Waals surface area contributed by atoms with Crippen LogP contribution in [-0.2, 0) is 4.79 Å². The number of carbonyl (C=O) groups is 1. The predicted octanol–water partition coefficient (Wildman–Crippen LogP) is 1.49. The first-order valence-corrected chi connectivity index (χ1v) is 7.50. The molecule has 1 aromatic rings. The SMILES string of the molecule is COc1ccc(OC)c(NC(=O)C(C)N2CCCC(O)C2)c1. The standard InChI is InChI=1S/C16H24N2O4/c1-11(18-8-4-5-12(19)10-18)16(20)17-14-9-13(21-2)6-7-15(14)22-3/h6-7,9,11-12,19H,4-5,8,10H2,1-3H3,(H,17,20). The highest BCUT2D eigenvalue weighted by atomic mass is 16.5. The lowest BCUT2D eigenvalue weighted by Gasteiger charge is -2.34. The van der Waals surface area contributed by atoms with E-state index in [4.69, 9.17) is 9.47 Å². The van der Waals surface area contributed by atoms with Crippen molar-refractivity contribution in [2.45, 2.75) is 31.9 Å². The second-order valence-electron chi connectivity index (χ2n) is 5.52. The summed E-state index contributed by atoms with van der Waals surface area (Å²) in [6, 6.07) is 4.95. The number of amides is 1. The fraction of sp³-hybridized carbons (Fsp3) is 0.562. The maximum Gasteiger partial charge on any atom is 0.241 e. The van der Waals surface area contributed by atoms with Gasteiger partial charge in [0.05, 0.1) is 32.1 Å². The lowest BCUT2D eigenvalue weighted by Crippen LogP contribution is -2.48. The fourth-order valence-corrected chi connectivity index (χ4v) is 2.65. The third-order valence-electron chi connectivity index (χ3n) is 4.02. The monoisotopic (exact) mass is 308 g/mol. The molecule has 0 radical (unpaired) electrons. The Hall–Kier alpha value is -1.79. The molecule has 0 aliphatic carbocycles. The molecule has 2 N–H and O–H groups in total. The van der Waals surface area contributed by atoms with Crippen LogP contribution in [0.4, 0.5) is 5.69 Å². The molecule has 0 spiro atoms. The van der Waals surface area contributed by atoms with E-state index in [0.717, 1.165) is 19.4 Å². The molecule has 0 aromatic heterocycles. The van der Waals surface area contributed by atoms with Crippen LogP contribution in [0.25, 0.3) is 0 Å². The zero-order valence-electron chi connectivity index (χ0n) is 13.3. The van der Waals surface area contributed by atoms with E-state index in [1.807, 2.05) is 11.8 Å². The number of ether oxygens (including phenoxy) is 2. The van der Waals surface area contributed by atoms with E-state index in [1.165, 1.54) is 0 Å². The van der Waals surface area contributed by atoms with E-state index in [0.29, 0.717) is 23.7 Å². The van der Waals surface area contributed by atoms with E-state index >= 15 is 0 Å². The molecule has 1 fully saturated rings. The van der Waals surface area contributed by atoms with Crippen molar-refractivity contribution in [2.24, 2.45) is 0 Å². The van der Waals surface area contributed by atoms with Gasteiger partial charge in [-0.2, -0.15) is 0 Å². The Morgan fingerprint density at radius 1 is 1.41 bits per heavy atom. The molecule has 2 unspecified atom stereocenters. The summed E-state index contributed by atoms with van der Waals surface area (Å²) in [5, 5.41) is 12.6. The molecule has 2 rings (SSSR count). The summed E-state index contributed by atoms with van der Waals surface area (Å²) in [6.45, 7) is 3.20. The number of carbonyl (C=O) groups excluding carboxylic acids is 1. The van der Waals surface area contributed by atoms with Crippen LogP contribution in [0.5, 0.6) is 11.5 Å². The average Bonchev–Trinajstić information content (AvgIpc) is 2.53. The van der Waals surface area contributed by atoms with Crippen LogP contribution < -0.4 is 14.8 Å². The van der Waals surface area contributed by atoms with Crippen LogP contribution in [0.1, 0.15) is 19.8 Å². The van der Waals surface area contributed by atoms with Gasteiger partial charge < -0.3 is 19.9 Å². The molecule has 122 valence electrons. The van der Waals surface area contributed by atoms with Crippen molar-refractivity contribution >= 4 is 11.6 Å². The molecule has 1 amide bonds. The molecule has 1 aliphatic heterocycles. The van der Waals surface area contributed by atoms with Crippen LogP contribution in [0.2, 0.25) is 0 Å². The highest BCUT2D eigenvalue weighted by Crippen LogP contribution is 2.29. The summed E-state index contributed by atoms with van der Waals surface area (Å²) in [4.78, 5) is 14.5. The Kier molecular flexibility index (Phi) is 5.63. The topological polar surface area (TPSA) is 71.0 Å². The van der Waals surface area contributed by atoms with Gasteiger partial charge in [0.1, 0.15) is 11.5 Å². The number of anilines is 1. The van der Waals surface area contributed by atoms with Gasteiger partial charge in [-0.1, -0.05) is 0 Å². The molecular formula is C16H24N2O4. The molecule has 1 saturated heterocycles. The minimum atomic E-state index is -0.352. The van der Waals surface area contributed by atoms with Crippen LogP contribution in [0.3, 0.4) is 0 Å². The largest absolute Gasteiger partial charge is 0.497 e. The van der Waals surface area contributed by atoms with Gasteiger partial charge in [0.15, 0.2) is 0 Å². The Morgan fingerprint density at radius 2 is 2.18 bits per heavy atom. The van der Waals surface area contributed by atoms with E-state index < -0.39 is 0 Å². The minimum Gasteiger partial charge on any atom is -0.497 e. The van der Waals surface area contributed by atoms with Gasteiger partial charge in [-0.15, -0.1) is 0 Å². The number of nitrogens with one attached hydrogen (secondary N) is 1. The number of β-amino-alcohol motifs (C(OH)–C–C–N with tert-alkyl or cyclic N) is 1. The highest BCUT2D eigenvalue weighted by molar-refractivity contribution is 5.96. The molecule has 1 heterocycles. The summed E-state index contributed by atoms with van der Waals surface area (Å²) in [5.74, 6) is 1.11. The van der Waals surface area contributed by atoms with Crippen LogP contribution in [-0.4, -0.2) is 55.4 Å². The molecule has 1 aromatic carbocycles. The van der Waals surface area contributed by atoms with Crippen LogP contribution in [0, 0.1) is 0 Å². The molecule has 22 heavy (non-hydrogen) atoms. The Morgan fingerprint density at radius 3 is 2.82 bits per heavy atom. The maximum absolute atomic E-state index is 12.5. The normalized spacial score (nSPS) is 20.3. The number of rotatable bonds is 5. The van der Waals surface area contributed by atoms with Crippen molar-refractivity contribution in [1.82, 2.24) is 4.90 Å². The average molecular weight is 308 g/mol. The Bertz CT molecular complexity index is 521. The zero-order chi connectivity index (χ0) is 16.1. The van der Waals surface area contributed by atoms with Gasteiger partial charge in [-0.25, -0.2) is 0 Å². The molecular weight excluding hydrogens is 284 g/mol. The molecule has 0 saturated carbocycles. The number of hydrogen-bond acceptors (Lipinski definition) is 5. The number of aliphatic hydroxyl groups excluding tert-OH is 1.